The molecular formula is C30H30ClF5N4O3. The minimum absolute atomic E-state index is 0. The molecule has 7 nitrogen and oxygen atoms in total. The number of aliphatic hydroxyl groups is 1. The third-order valence-electron chi connectivity index (χ3n) is 7.71. The number of piperidine rings is 1. The van der Waals surface area contributed by atoms with E-state index in [0.717, 1.165) is 24.8 Å². The Hall–Kier alpha value is -3.90. The molecule has 3 aromatic carbocycles. The number of carbonyl (C=O) groups excluding carboxylic acids is 2. The number of hydrogen-bond acceptors (Lipinski definition) is 5. The number of halogens is 6. The molecule has 43 heavy (non-hydrogen) atoms. The van der Waals surface area contributed by atoms with Crippen molar-refractivity contribution in [1.82, 2.24) is 4.90 Å². The van der Waals surface area contributed by atoms with E-state index in [4.69, 9.17) is 0 Å². The van der Waals surface area contributed by atoms with Crippen molar-refractivity contribution in [2.24, 2.45) is 0 Å². The molecule has 0 atom stereocenters. The third kappa shape index (κ3) is 6.40. The molecule has 2 aliphatic rings. The molecule has 13 heteroatoms. The summed E-state index contributed by atoms with van der Waals surface area (Å²) in [6.45, 7) is 4.20. The molecule has 2 saturated heterocycles. The second-order valence-electron chi connectivity index (χ2n) is 10.9. The van der Waals surface area contributed by atoms with Gasteiger partial charge in [0.15, 0.2) is 0 Å². The van der Waals surface area contributed by atoms with Gasteiger partial charge in [-0.25, -0.2) is 18.5 Å². The van der Waals surface area contributed by atoms with E-state index in [1.165, 1.54) is 36.9 Å². The smallest absolute Gasteiger partial charge is 0.393 e. The van der Waals surface area contributed by atoms with Crippen LogP contribution in [0.1, 0.15) is 37.8 Å². The van der Waals surface area contributed by atoms with E-state index in [9.17, 15) is 36.6 Å². The molecule has 0 saturated carbocycles. The Morgan fingerprint density at radius 3 is 2.19 bits per heavy atom. The minimum Gasteiger partial charge on any atom is -0.393 e. The summed E-state index contributed by atoms with van der Waals surface area (Å²) in [6, 6.07) is 12.4. The van der Waals surface area contributed by atoms with Crippen LogP contribution in [0, 0.1) is 11.6 Å². The first-order valence-corrected chi connectivity index (χ1v) is 13.4. The molecular weight excluding hydrogens is 595 g/mol. The fourth-order valence-corrected chi connectivity index (χ4v) is 5.21. The summed E-state index contributed by atoms with van der Waals surface area (Å²) < 4.78 is 68.2. The van der Waals surface area contributed by atoms with Gasteiger partial charge < -0.3 is 20.2 Å². The van der Waals surface area contributed by atoms with E-state index in [1.54, 1.807) is 0 Å². The zero-order chi connectivity index (χ0) is 30.4. The maximum Gasteiger partial charge on any atom is 0.419 e. The van der Waals surface area contributed by atoms with E-state index in [0.29, 0.717) is 46.8 Å². The van der Waals surface area contributed by atoms with Crippen molar-refractivity contribution in [2.45, 2.75) is 51.1 Å². The normalized spacial score (nSPS) is 17.3. The van der Waals surface area contributed by atoms with Crippen LogP contribution in [0.15, 0.2) is 60.7 Å². The molecule has 3 amide bonds. The van der Waals surface area contributed by atoms with Crippen molar-refractivity contribution in [2.75, 3.05) is 28.2 Å². The molecule has 0 bridgehead atoms. The predicted molar refractivity (Wildman–Crippen MR) is 155 cm³/mol. The molecule has 5 rings (SSSR count). The van der Waals surface area contributed by atoms with Gasteiger partial charge in [0.2, 0.25) is 0 Å². The van der Waals surface area contributed by atoms with Crippen LogP contribution in [0.5, 0.6) is 0 Å². The van der Waals surface area contributed by atoms with Gasteiger partial charge in [0.1, 0.15) is 17.2 Å². The van der Waals surface area contributed by atoms with E-state index in [-0.39, 0.29) is 25.1 Å². The van der Waals surface area contributed by atoms with E-state index in [1.807, 2.05) is 24.3 Å². The largest absolute Gasteiger partial charge is 0.419 e. The van der Waals surface area contributed by atoms with Crippen molar-refractivity contribution in [3.05, 3.63) is 83.4 Å². The zero-order valence-corrected chi connectivity index (χ0v) is 24.1. The highest BCUT2D eigenvalue weighted by Gasteiger charge is 2.52. The SMILES string of the molecule is CC1(C)C(=O)N(c2ccc(F)c(C(F)(F)F)c2)C(=O)N1Cc1ccc(F)cc1Nc1ccc(N2CCC(O)CC2)cc1.Cl. The summed E-state index contributed by atoms with van der Waals surface area (Å²) in [5, 5.41) is 12.9. The van der Waals surface area contributed by atoms with Gasteiger partial charge in [-0.1, -0.05) is 6.07 Å². The van der Waals surface area contributed by atoms with Crippen molar-refractivity contribution in [3.63, 3.8) is 0 Å². The summed E-state index contributed by atoms with van der Waals surface area (Å²) in [7, 11) is 0. The lowest BCUT2D eigenvalue weighted by Crippen LogP contribution is -2.43. The quantitative estimate of drug-likeness (QED) is 0.232. The molecule has 0 aromatic heterocycles. The fraction of sp³-hybridized carbons (Fsp3) is 0.333. The molecule has 0 radical (unpaired) electrons. The Bertz CT molecular complexity index is 1510. The first-order valence-electron chi connectivity index (χ1n) is 13.4. The van der Waals surface area contributed by atoms with E-state index < -0.39 is 46.5 Å². The van der Waals surface area contributed by atoms with Crippen molar-refractivity contribution in [1.29, 1.82) is 0 Å². The maximum absolute atomic E-state index is 14.3. The third-order valence-corrected chi connectivity index (χ3v) is 7.71. The highest BCUT2D eigenvalue weighted by molar-refractivity contribution is 6.23. The molecule has 2 fully saturated rings. The number of rotatable bonds is 6. The number of aliphatic hydroxyl groups excluding tert-OH is 1. The van der Waals surface area contributed by atoms with Crippen LogP contribution in [0.4, 0.5) is 49.5 Å². The van der Waals surface area contributed by atoms with Gasteiger partial charge >= 0.3 is 12.2 Å². The van der Waals surface area contributed by atoms with E-state index >= 15 is 0 Å². The number of hydrogen-bond donors (Lipinski definition) is 2. The van der Waals surface area contributed by atoms with Crippen LogP contribution in [-0.2, 0) is 17.5 Å². The molecule has 2 aliphatic heterocycles. The highest BCUT2D eigenvalue weighted by Crippen LogP contribution is 2.38. The van der Waals surface area contributed by atoms with Crippen LogP contribution in [0.25, 0.3) is 0 Å². The highest BCUT2D eigenvalue weighted by atomic mass is 35.5. The number of nitrogens with one attached hydrogen (secondary N) is 1. The summed E-state index contributed by atoms with van der Waals surface area (Å²) in [5.74, 6) is -2.85. The summed E-state index contributed by atoms with van der Waals surface area (Å²) in [6.07, 6.45) is -3.95. The molecule has 0 aliphatic carbocycles. The number of carbonyl (C=O) groups is 2. The van der Waals surface area contributed by atoms with Crippen LogP contribution >= 0.6 is 12.4 Å². The van der Waals surface area contributed by atoms with Crippen LogP contribution in [0.2, 0.25) is 0 Å². The minimum atomic E-state index is -5.02. The van der Waals surface area contributed by atoms with Crippen LogP contribution in [-0.4, -0.2) is 46.7 Å². The monoisotopic (exact) mass is 624 g/mol. The average molecular weight is 625 g/mol. The van der Waals surface area contributed by atoms with Crippen molar-refractivity contribution < 1.29 is 36.6 Å². The second-order valence-corrected chi connectivity index (χ2v) is 10.9. The summed E-state index contributed by atoms with van der Waals surface area (Å²) in [5.41, 5.74) is -1.07. The van der Waals surface area contributed by atoms with Gasteiger partial charge in [0.25, 0.3) is 5.91 Å². The molecule has 0 spiro atoms. The number of amides is 3. The van der Waals surface area contributed by atoms with Crippen LogP contribution < -0.4 is 15.1 Å². The Labute approximate surface area is 251 Å². The predicted octanol–water partition coefficient (Wildman–Crippen LogP) is 6.86. The molecule has 3 aromatic rings. The van der Waals surface area contributed by atoms with E-state index in [2.05, 4.69) is 10.2 Å². The lowest BCUT2D eigenvalue weighted by atomic mass is 10.0. The summed E-state index contributed by atoms with van der Waals surface area (Å²) >= 11 is 0. The van der Waals surface area contributed by atoms with Gasteiger partial charge in [0, 0.05) is 30.2 Å². The Morgan fingerprint density at radius 1 is 0.930 bits per heavy atom. The van der Waals surface area contributed by atoms with Gasteiger partial charge in [-0.15, -0.1) is 12.4 Å². The van der Waals surface area contributed by atoms with Crippen molar-refractivity contribution in [3.8, 4) is 0 Å². The summed E-state index contributed by atoms with van der Waals surface area (Å²) in [4.78, 5) is 30.7. The van der Waals surface area contributed by atoms with Gasteiger partial charge in [-0.05, 0) is 86.8 Å². The number of nitrogens with zero attached hydrogens (tertiary/aromatic N) is 3. The lowest BCUT2D eigenvalue weighted by molar-refractivity contribution is -0.140. The van der Waals surface area contributed by atoms with Crippen molar-refractivity contribution >= 4 is 47.1 Å². The topological polar surface area (TPSA) is 76.1 Å². The molecule has 0 unspecified atom stereocenters. The number of urea groups is 1. The first-order chi connectivity index (χ1) is 19.8. The standard InChI is InChI=1S/C30H29F5N4O3.ClH/c1-29(2)27(41)39(22-9-10-25(32)24(16-22)30(33,34)35)28(42)38(29)17-18-3-4-19(31)15-26(18)36-20-5-7-21(8-6-20)37-13-11-23(40)12-14-37;/h3-10,15-16,23,36,40H,11-14,17H2,1-2H3;1H. The molecule has 2 heterocycles. The second kappa shape index (κ2) is 12.0. The Balaban J connectivity index is 0.00000423. The lowest BCUT2D eigenvalue weighted by Gasteiger charge is -2.31. The van der Waals surface area contributed by atoms with Gasteiger partial charge in [-0.3, -0.25) is 4.79 Å². The number of imide groups is 1. The number of benzene rings is 3. The number of anilines is 4. The maximum atomic E-state index is 14.3. The van der Waals surface area contributed by atoms with Crippen LogP contribution in [0.3, 0.4) is 0 Å². The first kappa shape index (κ1) is 32.0. The molecule has 2 N–H and O–H groups in total. The Kier molecular flexibility index (Phi) is 8.94. The zero-order valence-electron chi connectivity index (χ0n) is 23.3. The Morgan fingerprint density at radius 2 is 1.56 bits per heavy atom. The molecule has 230 valence electrons. The van der Waals surface area contributed by atoms with Gasteiger partial charge in [0.05, 0.1) is 23.9 Å². The average Bonchev–Trinajstić information content (AvgIpc) is 3.09. The van der Waals surface area contributed by atoms with Gasteiger partial charge in [-0.2, -0.15) is 13.2 Å². The number of alkyl halides is 3. The fourth-order valence-electron chi connectivity index (χ4n) is 5.21.